The molecule has 0 aliphatic heterocycles. The summed E-state index contributed by atoms with van der Waals surface area (Å²) in [6, 6.07) is 8.21. The number of benzene rings is 1. The number of hydrogen-bond acceptors (Lipinski definition) is 5. The lowest BCUT2D eigenvalue weighted by Gasteiger charge is -2.21. The Morgan fingerprint density at radius 2 is 1.31 bits per heavy atom. The maximum absolute atomic E-state index is 5.46. The number of thioether (sulfide) groups is 1. The zero-order valence-corrected chi connectivity index (χ0v) is 20.6. The molecule has 0 spiro atoms. The second-order valence-corrected chi connectivity index (χ2v) is 7.72. The van der Waals surface area contributed by atoms with Gasteiger partial charge < -0.3 is 9.80 Å². The fourth-order valence-electron chi connectivity index (χ4n) is 2.55. The molecule has 0 atom stereocenters. The molecule has 0 heterocycles. The van der Waals surface area contributed by atoms with Gasteiger partial charge in [0.05, 0.1) is 5.71 Å². The first-order chi connectivity index (χ1) is 13.9. The predicted molar refractivity (Wildman–Crippen MR) is 135 cm³/mol. The van der Waals surface area contributed by atoms with Gasteiger partial charge in [-0.05, 0) is 77.4 Å². The van der Waals surface area contributed by atoms with E-state index in [1.54, 1.807) is 11.8 Å². The average Bonchev–Trinajstić information content (AvgIpc) is 2.74. The highest BCUT2D eigenvalue weighted by atomic mass is 32.2. The molecule has 1 aromatic carbocycles. The quantitative estimate of drug-likeness (QED) is 0.255. The normalized spacial score (nSPS) is 11.8. The standard InChI is InChI=1S/C20H32N6S3/c1-7-25(8-2)19(27)23-21-15(5)18(16-11-13-17(29-6)14-12-16)22-24-20(28)26(9-3)10-4/h11-14H,7-10H2,1-6H3,(H,23,27)(H,24,28)/b21-15+,22-18-. The summed E-state index contributed by atoms with van der Waals surface area (Å²) in [5, 5.41) is 10.2. The van der Waals surface area contributed by atoms with Crippen LogP contribution >= 0.6 is 36.2 Å². The molecular formula is C20H32N6S3. The molecule has 0 aliphatic carbocycles. The first-order valence-corrected chi connectivity index (χ1v) is 11.8. The number of rotatable bonds is 9. The maximum atomic E-state index is 5.46. The summed E-state index contributed by atoms with van der Waals surface area (Å²) in [5.74, 6) is 0. The lowest BCUT2D eigenvalue weighted by Crippen LogP contribution is -2.39. The predicted octanol–water partition coefficient (Wildman–Crippen LogP) is 3.92. The van der Waals surface area contributed by atoms with E-state index in [2.05, 4.69) is 67.1 Å². The minimum atomic E-state index is 0.590. The Morgan fingerprint density at radius 3 is 1.72 bits per heavy atom. The van der Waals surface area contributed by atoms with Crippen molar-refractivity contribution in [1.82, 2.24) is 20.7 Å². The van der Waals surface area contributed by atoms with Crippen LogP contribution in [0.2, 0.25) is 0 Å². The van der Waals surface area contributed by atoms with Crippen LogP contribution < -0.4 is 10.9 Å². The van der Waals surface area contributed by atoms with Crippen LogP contribution in [0.1, 0.15) is 40.2 Å². The highest BCUT2D eigenvalue weighted by molar-refractivity contribution is 7.98. The SMILES string of the molecule is CCN(CC)C(=S)N/N=C(C)/C(=N/NC(=S)N(CC)CC)c1ccc(SC)cc1. The van der Waals surface area contributed by atoms with Crippen LogP contribution in [0.15, 0.2) is 39.4 Å². The summed E-state index contributed by atoms with van der Waals surface area (Å²) in [7, 11) is 0. The average molecular weight is 453 g/mol. The zero-order valence-electron chi connectivity index (χ0n) is 18.2. The molecule has 29 heavy (non-hydrogen) atoms. The van der Waals surface area contributed by atoms with E-state index in [1.165, 1.54) is 4.90 Å². The smallest absolute Gasteiger partial charge is 0.189 e. The number of hydrazone groups is 2. The summed E-state index contributed by atoms with van der Waals surface area (Å²) < 4.78 is 0. The molecular weight excluding hydrogens is 420 g/mol. The van der Waals surface area contributed by atoms with Gasteiger partial charge in [-0.1, -0.05) is 12.1 Å². The van der Waals surface area contributed by atoms with Crippen LogP contribution in [0.4, 0.5) is 0 Å². The van der Waals surface area contributed by atoms with Crippen LogP contribution in [0.3, 0.4) is 0 Å². The van der Waals surface area contributed by atoms with Crippen molar-refractivity contribution in [2.45, 2.75) is 39.5 Å². The monoisotopic (exact) mass is 452 g/mol. The molecule has 0 aromatic heterocycles. The minimum Gasteiger partial charge on any atom is -0.348 e. The van der Waals surface area contributed by atoms with Gasteiger partial charge in [0, 0.05) is 36.6 Å². The zero-order chi connectivity index (χ0) is 21.8. The fraction of sp³-hybridized carbons (Fsp3) is 0.500. The number of hydrogen-bond donors (Lipinski definition) is 2. The first-order valence-electron chi connectivity index (χ1n) is 9.78. The molecule has 1 aromatic rings. The van der Waals surface area contributed by atoms with Crippen molar-refractivity contribution in [2.75, 3.05) is 32.4 Å². The Morgan fingerprint density at radius 1 is 0.862 bits per heavy atom. The number of nitrogens with one attached hydrogen (secondary N) is 2. The van der Waals surface area contributed by atoms with Gasteiger partial charge in [-0.25, -0.2) is 0 Å². The van der Waals surface area contributed by atoms with Crippen molar-refractivity contribution in [3.63, 3.8) is 0 Å². The molecule has 0 fully saturated rings. The summed E-state index contributed by atoms with van der Waals surface area (Å²) >= 11 is 12.6. The number of thiocarbonyl (C=S) groups is 2. The maximum Gasteiger partial charge on any atom is 0.189 e. The van der Waals surface area contributed by atoms with E-state index in [-0.39, 0.29) is 0 Å². The van der Waals surface area contributed by atoms with Crippen LogP contribution in [-0.4, -0.2) is 63.9 Å². The molecule has 2 N–H and O–H groups in total. The third-order valence-corrected chi connectivity index (χ3v) is 5.83. The van der Waals surface area contributed by atoms with Crippen LogP contribution in [0.25, 0.3) is 0 Å². The van der Waals surface area contributed by atoms with E-state index in [0.717, 1.165) is 31.7 Å². The largest absolute Gasteiger partial charge is 0.348 e. The molecule has 0 bridgehead atoms. The molecule has 9 heteroatoms. The molecule has 6 nitrogen and oxygen atoms in total. The molecule has 0 radical (unpaired) electrons. The van der Waals surface area contributed by atoms with Crippen molar-refractivity contribution in [3.05, 3.63) is 29.8 Å². The highest BCUT2D eigenvalue weighted by Gasteiger charge is 2.11. The van der Waals surface area contributed by atoms with Gasteiger partial charge in [0.15, 0.2) is 10.2 Å². The van der Waals surface area contributed by atoms with Gasteiger partial charge in [0.25, 0.3) is 0 Å². The van der Waals surface area contributed by atoms with E-state index in [4.69, 9.17) is 24.4 Å². The van der Waals surface area contributed by atoms with E-state index < -0.39 is 0 Å². The van der Waals surface area contributed by atoms with E-state index >= 15 is 0 Å². The van der Waals surface area contributed by atoms with E-state index in [0.29, 0.717) is 21.6 Å². The molecule has 0 saturated heterocycles. The minimum absolute atomic E-state index is 0.590. The Labute approximate surface area is 190 Å². The van der Waals surface area contributed by atoms with Crippen molar-refractivity contribution < 1.29 is 0 Å². The van der Waals surface area contributed by atoms with E-state index in [1.807, 2.05) is 28.9 Å². The molecule has 160 valence electrons. The Balaban J connectivity index is 3.14. The summed E-state index contributed by atoms with van der Waals surface area (Å²) in [4.78, 5) is 5.26. The number of nitrogens with zero attached hydrogens (tertiary/aromatic N) is 4. The summed E-state index contributed by atoms with van der Waals surface area (Å²) in [6.45, 7) is 13.5. The lowest BCUT2D eigenvalue weighted by molar-refractivity contribution is 0.457. The third-order valence-electron chi connectivity index (χ3n) is 4.39. The van der Waals surface area contributed by atoms with Crippen molar-refractivity contribution in [1.29, 1.82) is 0 Å². The van der Waals surface area contributed by atoms with Crippen LogP contribution in [0, 0.1) is 0 Å². The molecule has 0 amide bonds. The van der Waals surface area contributed by atoms with Crippen molar-refractivity contribution in [2.24, 2.45) is 10.2 Å². The first kappa shape index (κ1) is 25.3. The highest BCUT2D eigenvalue weighted by Crippen LogP contribution is 2.15. The van der Waals surface area contributed by atoms with Gasteiger partial charge in [-0.3, -0.25) is 10.9 Å². The van der Waals surface area contributed by atoms with Crippen LogP contribution in [-0.2, 0) is 0 Å². The Hall–Kier alpha value is -1.71. The van der Waals surface area contributed by atoms with Gasteiger partial charge in [-0.2, -0.15) is 10.2 Å². The van der Waals surface area contributed by atoms with Gasteiger partial charge in [0.1, 0.15) is 5.71 Å². The topological polar surface area (TPSA) is 55.3 Å². The second-order valence-electron chi connectivity index (χ2n) is 6.06. The van der Waals surface area contributed by atoms with Gasteiger partial charge in [0.2, 0.25) is 0 Å². The molecule has 0 saturated carbocycles. The van der Waals surface area contributed by atoms with Gasteiger partial charge >= 0.3 is 0 Å². The van der Waals surface area contributed by atoms with Crippen molar-refractivity contribution >= 4 is 57.8 Å². The Kier molecular flexibility index (Phi) is 11.8. The Bertz CT molecular complexity index is 722. The van der Waals surface area contributed by atoms with Crippen molar-refractivity contribution in [3.8, 4) is 0 Å². The fourth-order valence-corrected chi connectivity index (χ4v) is 3.57. The molecule has 0 aliphatic rings. The second kappa shape index (κ2) is 13.5. The molecule has 1 rings (SSSR count). The lowest BCUT2D eigenvalue weighted by atomic mass is 10.1. The molecule has 0 unspecified atom stereocenters. The summed E-state index contributed by atoms with van der Waals surface area (Å²) in [6.07, 6.45) is 2.05. The third kappa shape index (κ3) is 7.91. The van der Waals surface area contributed by atoms with Gasteiger partial charge in [-0.15, -0.1) is 11.8 Å². The van der Waals surface area contributed by atoms with Crippen LogP contribution in [0.5, 0.6) is 0 Å². The van der Waals surface area contributed by atoms with E-state index in [9.17, 15) is 0 Å². The summed E-state index contributed by atoms with van der Waals surface area (Å²) in [5.41, 5.74) is 8.37.